The van der Waals surface area contributed by atoms with Crippen LogP contribution in [0.2, 0.25) is 0 Å². The molecule has 0 fully saturated rings. The van der Waals surface area contributed by atoms with Crippen LogP contribution in [0.1, 0.15) is 10.4 Å². The lowest BCUT2D eigenvalue weighted by atomic mass is 10.2. The first-order valence-corrected chi connectivity index (χ1v) is 14.9. The smallest absolute Gasteiger partial charge is 0.475 e. The highest BCUT2D eigenvalue weighted by Gasteiger charge is 2.38. The van der Waals surface area contributed by atoms with E-state index in [0.29, 0.717) is 24.6 Å². The molecule has 0 aliphatic carbocycles. The van der Waals surface area contributed by atoms with Crippen LogP contribution in [0.4, 0.5) is 23.2 Å². The minimum Gasteiger partial charge on any atom is -0.475 e. The average molecular weight is 698 g/mol. The number of sulfone groups is 1. The molecule has 19 heteroatoms. The molecule has 0 amide bonds. The zero-order valence-corrected chi connectivity index (χ0v) is 24.3. The van der Waals surface area contributed by atoms with Gasteiger partial charge in [-0.15, -0.1) is 23.1 Å². The molecule has 0 spiro atoms. The van der Waals surface area contributed by atoms with E-state index in [0.717, 1.165) is 29.5 Å². The van der Waals surface area contributed by atoms with Crippen molar-refractivity contribution in [3.8, 4) is 0 Å². The number of thiophene rings is 1. The average Bonchev–Trinajstić information content (AvgIpc) is 3.50. The fourth-order valence-corrected chi connectivity index (χ4v) is 7.91. The maximum atomic E-state index is 14.4. The van der Waals surface area contributed by atoms with Gasteiger partial charge in [0.15, 0.2) is 0 Å². The summed E-state index contributed by atoms with van der Waals surface area (Å²) in [4.78, 5) is 24.0. The van der Waals surface area contributed by atoms with Gasteiger partial charge in [0.05, 0.1) is 42.2 Å². The van der Waals surface area contributed by atoms with Crippen LogP contribution in [0.15, 0.2) is 61.2 Å². The molecule has 2 aromatic heterocycles. The summed E-state index contributed by atoms with van der Waals surface area (Å²) in [6.07, 6.45) is -1.94. The number of imidazole rings is 1. The van der Waals surface area contributed by atoms with Crippen molar-refractivity contribution in [3.63, 3.8) is 0 Å². The van der Waals surface area contributed by atoms with E-state index in [-0.39, 0.29) is 33.4 Å². The number of nitro groups is 1. The summed E-state index contributed by atoms with van der Waals surface area (Å²) in [6, 6.07) is 7.46. The van der Waals surface area contributed by atoms with E-state index in [9.17, 15) is 36.1 Å². The van der Waals surface area contributed by atoms with Crippen molar-refractivity contribution in [1.82, 2.24) is 9.55 Å². The SMILES string of the molecule is CSc1sc(C(=N)N)cc1S(=O)(=O)c1cc(Br)c2ncn(Cc3cc([N+](=O)[O-])ccc3F)c2c1.O=C(O)C(F)(F)F. The quantitative estimate of drug-likeness (QED) is 0.0566. The predicted molar refractivity (Wildman–Crippen MR) is 146 cm³/mol. The predicted octanol–water partition coefficient (Wildman–Crippen LogP) is 5.43. The van der Waals surface area contributed by atoms with E-state index in [4.69, 9.17) is 21.0 Å². The standard InChI is InChI=1S/C20H15BrFN5O4S3.C2HF3O2/c1-32-20-17(7-16(33-20)19(23)24)34(30,31)12-5-13(21)18-15(6-12)26(9-25-18)8-10-4-11(27(28)29)2-3-14(10)22;3-2(4,5)1(6)7/h2-7,9H,8H2,1H3,(H3,23,24);(H,6,7). The highest BCUT2D eigenvalue weighted by Crippen LogP contribution is 2.38. The number of nitrogens with one attached hydrogen (secondary N) is 1. The molecule has 0 unspecified atom stereocenters. The Morgan fingerprint density at radius 2 is 1.93 bits per heavy atom. The molecule has 2 heterocycles. The van der Waals surface area contributed by atoms with Crippen molar-refractivity contribution in [1.29, 1.82) is 5.41 Å². The van der Waals surface area contributed by atoms with Gasteiger partial charge in [-0.3, -0.25) is 15.5 Å². The maximum Gasteiger partial charge on any atom is 0.490 e. The number of thioether (sulfide) groups is 1. The highest BCUT2D eigenvalue weighted by atomic mass is 79.9. The van der Waals surface area contributed by atoms with E-state index in [1.54, 1.807) is 6.26 Å². The molecule has 4 N–H and O–H groups in total. The Bertz CT molecular complexity index is 1790. The Hall–Kier alpha value is -3.55. The number of rotatable bonds is 7. The third kappa shape index (κ3) is 7.03. The third-order valence-corrected chi connectivity index (χ3v) is 10.1. The number of nitrogen functional groups attached to an aromatic ring is 1. The second kappa shape index (κ2) is 12.1. The van der Waals surface area contributed by atoms with E-state index >= 15 is 0 Å². The first kappa shape index (κ1) is 32.0. The second-order valence-electron chi connectivity index (χ2n) is 7.86. The van der Waals surface area contributed by atoms with Gasteiger partial charge >= 0.3 is 12.1 Å². The number of nitrogens with two attached hydrogens (primary N) is 1. The normalized spacial score (nSPS) is 11.7. The van der Waals surface area contributed by atoms with Gasteiger partial charge in [-0.25, -0.2) is 22.6 Å². The number of non-ortho nitro benzene ring substituents is 1. The van der Waals surface area contributed by atoms with Crippen molar-refractivity contribution >= 4 is 77.4 Å². The minimum absolute atomic E-state index is 0.0312. The van der Waals surface area contributed by atoms with Gasteiger partial charge in [0.25, 0.3) is 5.69 Å². The van der Waals surface area contributed by atoms with Crippen LogP contribution in [-0.2, 0) is 21.2 Å². The molecule has 0 aliphatic rings. The molecule has 0 aliphatic heterocycles. The van der Waals surface area contributed by atoms with Gasteiger partial charge in [0.1, 0.15) is 17.2 Å². The molecule has 0 bridgehead atoms. The summed E-state index contributed by atoms with van der Waals surface area (Å²) < 4.78 is 75.5. The molecule has 0 saturated carbocycles. The van der Waals surface area contributed by atoms with E-state index in [1.165, 1.54) is 40.9 Å². The Kier molecular flexibility index (Phi) is 9.46. The number of fused-ring (bicyclic) bond motifs is 1. The van der Waals surface area contributed by atoms with E-state index in [1.807, 2.05) is 0 Å². The lowest BCUT2D eigenvalue weighted by molar-refractivity contribution is -0.385. The number of halogens is 5. The van der Waals surface area contributed by atoms with Crippen LogP contribution in [0, 0.1) is 21.3 Å². The molecule has 4 aromatic rings. The number of benzene rings is 2. The number of hydrogen-bond acceptors (Lipinski definition) is 9. The Balaban J connectivity index is 0.000000587. The molecule has 11 nitrogen and oxygen atoms in total. The number of carbonyl (C=O) groups is 1. The van der Waals surface area contributed by atoms with Crippen molar-refractivity contribution in [3.05, 3.63) is 73.6 Å². The van der Waals surface area contributed by atoms with Crippen LogP contribution < -0.4 is 5.73 Å². The highest BCUT2D eigenvalue weighted by molar-refractivity contribution is 9.10. The van der Waals surface area contributed by atoms with Crippen molar-refractivity contribution in [2.75, 3.05) is 6.26 Å². The number of carboxylic acids is 1. The molecule has 0 atom stereocenters. The molecule has 218 valence electrons. The lowest BCUT2D eigenvalue weighted by Crippen LogP contribution is -2.21. The number of carboxylic acid groups (broad SMARTS) is 1. The molecule has 2 aromatic carbocycles. The maximum absolute atomic E-state index is 14.4. The summed E-state index contributed by atoms with van der Waals surface area (Å²) >= 11 is 5.71. The topological polar surface area (TPSA) is 182 Å². The number of nitro benzene ring substituents is 1. The van der Waals surface area contributed by atoms with Crippen LogP contribution in [0.5, 0.6) is 0 Å². The summed E-state index contributed by atoms with van der Waals surface area (Å²) in [7, 11) is -4.00. The first-order valence-electron chi connectivity index (χ1n) is 10.6. The zero-order chi connectivity index (χ0) is 30.9. The second-order valence-corrected chi connectivity index (χ2v) is 12.8. The van der Waals surface area contributed by atoms with Crippen LogP contribution in [-0.4, -0.2) is 52.2 Å². The molecular weight excluding hydrogens is 682 g/mol. The summed E-state index contributed by atoms with van der Waals surface area (Å²) in [6.45, 7) is -0.0943. The van der Waals surface area contributed by atoms with Crippen LogP contribution in [0.25, 0.3) is 11.0 Å². The number of aliphatic carboxylic acids is 1. The molecule has 41 heavy (non-hydrogen) atoms. The van der Waals surface area contributed by atoms with Crippen molar-refractivity contribution < 1.29 is 40.8 Å². The largest absolute Gasteiger partial charge is 0.490 e. The van der Waals surface area contributed by atoms with Gasteiger partial charge in [0, 0.05) is 22.2 Å². The number of alkyl halides is 3. The van der Waals surface area contributed by atoms with Crippen molar-refractivity contribution in [2.24, 2.45) is 5.73 Å². The van der Waals surface area contributed by atoms with Crippen LogP contribution in [0.3, 0.4) is 0 Å². The van der Waals surface area contributed by atoms with Gasteiger partial charge in [-0.05, 0) is 46.5 Å². The zero-order valence-electron chi connectivity index (χ0n) is 20.3. The summed E-state index contributed by atoms with van der Waals surface area (Å²) in [5.74, 6) is -3.61. The van der Waals surface area contributed by atoms with Crippen LogP contribution >= 0.6 is 39.0 Å². The minimum atomic E-state index is -5.08. The summed E-state index contributed by atoms with van der Waals surface area (Å²) in [5, 5.41) is 25.8. The van der Waals surface area contributed by atoms with Gasteiger partial charge < -0.3 is 15.4 Å². The van der Waals surface area contributed by atoms with Gasteiger partial charge in [0.2, 0.25) is 9.84 Å². The van der Waals surface area contributed by atoms with Crippen molar-refractivity contribution in [2.45, 2.75) is 26.7 Å². The van der Waals surface area contributed by atoms with E-state index in [2.05, 4.69) is 20.9 Å². The molecule has 4 rings (SSSR count). The summed E-state index contributed by atoms with van der Waals surface area (Å²) in [5.41, 5.74) is 6.20. The number of nitrogens with zero attached hydrogens (tertiary/aromatic N) is 3. The Morgan fingerprint density at radius 1 is 1.29 bits per heavy atom. The van der Waals surface area contributed by atoms with E-state index < -0.39 is 32.7 Å². The Morgan fingerprint density at radius 3 is 2.46 bits per heavy atom. The molecule has 0 radical (unpaired) electrons. The van der Waals surface area contributed by atoms with Gasteiger partial charge in [-0.2, -0.15) is 13.2 Å². The number of hydrogen-bond donors (Lipinski definition) is 3. The number of aromatic nitrogens is 2. The monoisotopic (exact) mass is 697 g/mol. The fourth-order valence-electron chi connectivity index (χ4n) is 3.30. The fraction of sp³-hybridized carbons (Fsp3) is 0.136. The number of amidine groups is 1. The van der Waals surface area contributed by atoms with Gasteiger partial charge in [-0.1, -0.05) is 0 Å². The Labute approximate surface area is 244 Å². The lowest BCUT2D eigenvalue weighted by Gasteiger charge is -2.09. The third-order valence-electron chi connectivity index (χ3n) is 5.19. The molecule has 0 saturated heterocycles. The first-order chi connectivity index (χ1) is 19.0. The molecular formula is C22H16BrF4N5O6S3.